The van der Waals surface area contributed by atoms with Gasteiger partial charge in [0.05, 0.1) is 19.6 Å². The number of amides is 2. The number of hydrogen-bond donors (Lipinski definition) is 1. The first-order valence-electron chi connectivity index (χ1n) is 9.17. The zero-order valence-electron chi connectivity index (χ0n) is 15.9. The van der Waals surface area contributed by atoms with Gasteiger partial charge in [0.15, 0.2) is 11.6 Å². The Balaban J connectivity index is 1.60. The van der Waals surface area contributed by atoms with Crippen LogP contribution in [0, 0.1) is 5.82 Å². The SMILES string of the molecule is CCN(CCOc1ccccc1F)C(=O)CC1C(=O)Nc2cc(OC)ccc21. The molecule has 1 aliphatic rings. The molecule has 6 nitrogen and oxygen atoms in total. The van der Waals surface area contributed by atoms with E-state index in [1.807, 2.05) is 13.0 Å². The average molecular weight is 386 g/mol. The summed E-state index contributed by atoms with van der Waals surface area (Å²) in [6.07, 6.45) is 0.0682. The number of nitrogens with zero attached hydrogens (tertiary/aromatic N) is 1. The van der Waals surface area contributed by atoms with E-state index in [-0.39, 0.29) is 30.6 Å². The van der Waals surface area contributed by atoms with Crippen LogP contribution in [0.2, 0.25) is 0 Å². The van der Waals surface area contributed by atoms with Crippen molar-refractivity contribution in [3.63, 3.8) is 0 Å². The minimum absolute atomic E-state index is 0.0682. The molecule has 0 fully saturated rings. The molecule has 2 aromatic carbocycles. The standard InChI is InChI=1S/C21H23FN2O4/c1-3-24(10-11-28-19-7-5-4-6-17(19)22)20(25)13-16-15-9-8-14(27-2)12-18(15)23-21(16)26/h4-9,12,16H,3,10-11,13H2,1-2H3,(H,23,26). The summed E-state index contributed by atoms with van der Waals surface area (Å²) < 4.78 is 24.2. The van der Waals surface area contributed by atoms with Gasteiger partial charge in [-0.15, -0.1) is 0 Å². The van der Waals surface area contributed by atoms with Crippen LogP contribution in [0.4, 0.5) is 10.1 Å². The molecule has 1 aliphatic heterocycles. The number of fused-ring (bicyclic) bond motifs is 1. The second-order valence-electron chi connectivity index (χ2n) is 6.45. The van der Waals surface area contributed by atoms with Gasteiger partial charge in [-0.05, 0) is 30.7 Å². The molecule has 1 atom stereocenters. The van der Waals surface area contributed by atoms with E-state index < -0.39 is 11.7 Å². The fourth-order valence-electron chi connectivity index (χ4n) is 3.23. The smallest absolute Gasteiger partial charge is 0.232 e. The molecule has 0 radical (unpaired) electrons. The normalized spacial score (nSPS) is 15.0. The van der Waals surface area contributed by atoms with E-state index in [1.165, 1.54) is 6.07 Å². The molecule has 0 spiro atoms. The summed E-state index contributed by atoms with van der Waals surface area (Å²) in [6.45, 7) is 2.82. The van der Waals surface area contributed by atoms with Gasteiger partial charge in [-0.1, -0.05) is 18.2 Å². The van der Waals surface area contributed by atoms with E-state index in [1.54, 1.807) is 42.3 Å². The van der Waals surface area contributed by atoms with Crippen molar-refractivity contribution in [2.45, 2.75) is 19.3 Å². The van der Waals surface area contributed by atoms with Crippen molar-refractivity contribution >= 4 is 17.5 Å². The monoisotopic (exact) mass is 386 g/mol. The topological polar surface area (TPSA) is 67.9 Å². The molecule has 7 heteroatoms. The van der Waals surface area contributed by atoms with Gasteiger partial charge in [-0.3, -0.25) is 9.59 Å². The van der Waals surface area contributed by atoms with Gasteiger partial charge in [-0.25, -0.2) is 4.39 Å². The lowest BCUT2D eigenvalue weighted by Crippen LogP contribution is -2.36. The molecule has 148 valence electrons. The Morgan fingerprint density at radius 1 is 1.25 bits per heavy atom. The van der Waals surface area contributed by atoms with E-state index in [2.05, 4.69) is 5.32 Å². The second-order valence-corrected chi connectivity index (χ2v) is 6.45. The molecule has 0 saturated heterocycles. The Morgan fingerprint density at radius 3 is 2.75 bits per heavy atom. The molecule has 1 heterocycles. The van der Waals surface area contributed by atoms with Crippen LogP contribution >= 0.6 is 0 Å². The lowest BCUT2D eigenvalue weighted by molar-refractivity contribution is -0.133. The highest BCUT2D eigenvalue weighted by atomic mass is 19.1. The Kier molecular flexibility index (Phi) is 6.13. The van der Waals surface area contributed by atoms with Crippen molar-refractivity contribution in [3.8, 4) is 11.5 Å². The van der Waals surface area contributed by atoms with E-state index in [9.17, 15) is 14.0 Å². The molecule has 2 aromatic rings. The number of anilines is 1. The predicted molar refractivity (Wildman–Crippen MR) is 103 cm³/mol. The summed E-state index contributed by atoms with van der Waals surface area (Å²) in [6, 6.07) is 11.5. The zero-order chi connectivity index (χ0) is 20.1. The molecule has 0 saturated carbocycles. The largest absolute Gasteiger partial charge is 0.497 e. The van der Waals surface area contributed by atoms with Gasteiger partial charge in [0.2, 0.25) is 11.8 Å². The fraction of sp³-hybridized carbons (Fsp3) is 0.333. The Bertz CT molecular complexity index is 871. The maximum absolute atomic E-state index is 13.6. The number of ether oxygens (including phenoxy) is 2. The van der Waals surface area contributed by atoms with E-state index >= 15 is 0 Å². The Morgan fingerprint density at radius 2 is 2.04 bits per heavy atom. The molecule has 3 rings (SSSR count). The Hall–Kier alpha value is -3.09. The minimum atomic E-state index is -0.532. The molecule has 0 aromatic heterocycles. The molecule has 1 N–H and O–H groups in total. The van der Waals surface area contributed by atoms with Crippen molar-refractivity contribution in [1.82, 2.24) is 4.90 Å². The van der Waals surface area contributed by atoms with Gasteiger partial charge in [0.1, 0.15) is 12.4 Å². The number of halogens is 1. The van der Waals surface area contributed by atoms with Gasteiger partial charge < -0.3 is 19.7 Å². The van der Waals surface area contributed by atoms with Crippen LogP contribution in [0.3, 0.4) is 0 Å². The first kappa shape index (κ1) is 19.7. The lowest BCUT2D eigenvalue weighted by atomic mass is 9.96. The van der Waals surface area contributed by atoms with Crippen molar-refractivity contribution in [2.75, 3.05) is 32.1 Å². The van der Waals surface area contributed by atoms with Crippen molar-refractivity contribution in [2.24, 2.45) is 0 Å². The first-order chi connectivity index (χ1) is 13.5. The highest BCUT2D eigenvalue weighted by Gasteiger charge is 2.33. The van der Waals surface area contributed by atoms with Crippen LogP contribution in [-0.2, 0) is 9.59 Å². The number of likely N-dealkylation sites (N-methyl/N-ethyl adjacent to an activating group) is 1. The molecule has 0 bridgehead atoms. The molecule has 0 aliphatic carbocycles. The summed E-state index contributed by atoms with van der Waals surface area (Å²) in [5.41, 5.74) is 1.46. The van der Waals surface area contributed by atoms with Gasteiger partial charge in [-0.2, -0.15) is 0 Å². The minimum Gasteiger partial charge on any atom is -0.497 e. The number of benzene rings is 2. The van der Waals surface area contributed by atoms with Gasteiger partial charge in [0, 0.05) is 24.7 Å². The number of methoxy groups -OCH3 is 1. The van der Waals surface area contributed by atoms with E-state index in [0.717, 1.165) is 5.56 Å². The van der Waals surface area contributed by atoms with Crippen LogP contribution in [-0.4, -0.2) is 43.5 Å². The highest BCUT2D eigenvalue weighted by Crippen LogP contribution is 2.37. The maximum atomic E-state index is 13.6. The maximum Gasteiger partial charge on any atom is 0.232 e. The molecular weight excluding hydrogens is 363 g/mol. The number of carbonyl (C=O) groups excluding carboxylic acids is 2. The van der Waals surface area contributed by atoms with Gasteiger partial charge >= 0.3 is 0 Å². The summed E-state index contributed by atoms with van der Waals surface area (Å²) >= 11 is 0. The number of para-hydroxylation sites is 1. The predicted octanol–water partition coefficient (Wildman–Crippen LogP) is 3.19. The first-order valence-corrected chi connectivity index (χ1v) is 9.17. The molecule has 2 amide bonds. The van der Waals surface area contributed by atoms with Crippen molar-refractivity contribution in [1.29, 1.82) is 0 Å². The fourth-order valence-corrected chi connectivity index (χ4v) is 3.23. The van der Waals surface area contributed by atoms with Crippen LogP contribution in [0.5, 0.6) is 11.5 Å². The zero-order valence-corrected chi connectivity index (χ0v) is 15.9. The molecular formula is C21H23FN2O4. The quantitative estimate of drug-likeness (QED) is 0.757. The third-order valence-corrected chi connectivity index (χ3v) is 4.78. The summed E-state index contributed by atoms with van der Waals surface area (Å²) in [7, 11) is 1.56. The van der Waals surface area contributed by atoms with E-state index in [0.29, 0.717) is 24.5 Å². The lowest BCUT2D eigenvalue weighted by Gasteiger charge is -2.22. The van der Waals surface area contributed by atoms with Crippen LogP contribution in [0.15, 0.2) is 42.5 Å². The van der Waals surface area contributed by atoms with Crippen LogP contribution < -0.4 is 14.8 Å². The molecule has 1 unspecified atom stereocenters. The third-order valence-electron chi connectivity index (χ3n) is 4.78. The summed E-state index contributed by atoms with van der Waals surface area (Å²) in [4.78, 5) is 26.6. The summed E-state index contributed by atoms with van der Waals surface area (Å²) in [5, 5.41) is 2.80. The highest BCUT2D eigenvalue weighted by molar-refractivity contribution is 6.05. The Labute approximate surface area is 163 Å². The number of hydrogen-bond acceptors (Lipinski definition) is 4. The summed E-state index contributed by atoms with van der Waals surface area (Å²) in [5.74, 6) is -0.518. The molecule has 28 heavy (non-hydrogen) atoms. The van der Waals surface area contributed by atoms with Crippen molar-refractivity contribution in [3.05, 3.63) is 53.8 Å². The van der Waals surface area contributed by atoms with E-state index in [4.69, 9.17) is 9.47 Å². The van der Waals surface area contributed by atoms with Gasteiger partial charge in [0.25, 0.3) is 0 Å². The van der Waals surface area contributed by atoms with Crippen LogP contribution in [0.1, 0.15) is 24.8 Å². The number of rotatable bonds is 8. The van der Waals surface area contributed by atoms with Crippen molar-refractivity contribution < 1.29 is 23.5 Å². The average Bonchev–Trinajstić information content (AvgIpc) is 3.00. The third kappa shape index (κ3) is 4.24. The number of nitrogens with one attached hydrogen (secondary N) is 1. The second kappa shape index (κ2) is 8.73. The van der Waals surface area contributed by atoms with Crippen LogP contribution in [0.25, 0.3) is 0 Å². The number of carbonyl (C=O) groups is 2.